The number of likely N-dealkylation sites (N-methyl/N-ethyl adjacent to an activating group) is 1. The van der Waals surface area contributed by atoms with Crippen LogP contribution < -0.4 is 10.6 Å². The lowest BCUT2D eigenvalue weighted by Crippen LogP contribution is -2.34. The van der Waals surface area contributed by atoms with Crippen molar-refractivity contribution in [2.24, 2.45) is 0 Å². The van der Waals surface area contributed by atoms with Crippen molar-refractivity contribution in [3.05, 3.63) is 88.1 Å². The molecule has 0 aliphatic carbocycles. The number of hydrogen-bond acceptors (Lipinski definition) is 4. The second-order valence-corrected chi connectivity index (χ2v) is 7.55. The summed E-state index contributed by atoms with van der Waals surface area (Å²) in [7, 11) is 3.98. The van der Waals surface area contributed by atoms with Gasteiger partial charge in [-0.1, -0.05) is 36.4 Å². The molecule has 0 spiro atoms. The lowest BCUT2D eigenvalue weighted by Gasteiger charge is -2.23. The van der Waals surface area contributed by atoms with Gasteiger partial charge in [-0.3, -0.25) is 9.59 Å². The molecule has 6 heteroatoms. The number of nitrogens with one attached hydrogen (secondary N) is 2. The quantitative estimate of drug-likeness (QED) is 0.637. The van der Waals surface area contributed by atoms with E-state index in [0.29, 0.717) is 23.4 Å². The van der Waals surface area contributed by atoms with Gasteiger partial charge in [0, 0.05) is 17.0 Å². The molecule has 0 aliphatic rings. The fourth-order valence-corrected chi connectivity index (χ4v) is 3.80. The van der Waals surface area contributed by atoms with E-state index in [-0.39, 0.29) is 17.9 Å². The number of amides is 2. The van der Waals surface area contributed by atoms with E-state index in [1.54, 1.807) is 59.9 Å². The molecule has 1 aromatic heterocycles. The van der Waals surface area contributed by atoms with Gasteiger partial charge in [-0.25, -0.2) is 0 Å². The molecule has 0 radical (unpaired) electrons. The van der Waals surface area contributed by atoms with Crippen molar-refractivity contribution in [1.29, 1.82) is 0 Å². The molecule has 3 aromatic rings. The number of thiophene rings is 1. The maximum absolute atomic E-state index is 12.8. The van der Waals surface area contributed by atoms with Crippen LogP contribution in [0.1, 0.15) is 31.6 Å². The molecular weight excluding hydrogens is 370 g/mol. The largest absolute Gasteiger partial charge is 0.350 e. The first-order chi connectivity index (χ1) is 13.6. The van der Waals surface area contributed by atoms with Crippen molar-refractivity contribution in [3.8, 4) is 0 Å². The minimum absolute atomic E-state index is 0.0926. The van der Waals surface area contributed by atoms with Crippen LogP contribution in [0.15, 0.2) is 72.1 Å². The van der Waals surface area contributed by atoms with E-state index >= 15 is 0 Å². The zero-order chi connectivity index (χ0) is 19.9. The first-order valence-electron chi connectivity index (χ1n) is 8.99. The number of carbonyl (C=O) groups excluding carboxylic acids is 2. The Morgan fingerprint density at radius 2 is 1.64 bits per heavy atom. The Morgan fingerprint density at radius 1 is 0.929 bits per heavy atom. The summed E-state index contributed by atoms with van der Waals surface area (Å²) >= 11 is 1.67. The molecule has 3 rings (SSSR count). The summed E-state index contributed by atoms with van der Waals surface area (Å²) in [6.07, 6.45) is 0. The third-order valence-electron chi connectivity index (χ3n) is 4.41. The number of rotatable bonds is 7. The van der Waals surface area contributed by atoms with Gasteiger partial charge >= 0.3 is 0 Å². The number of benzene rings is 2. The number of hydrogen-bond donors (Lipinski definition) is 2. The minimum atomic E-state index is -0.245. The molecule has 5 nitrogen and oxygen atoms in total. The molecule has 1 heterocycles. The second-order valence-electron chi connectivity index (χ2n) is 6.57. The Morgan fingerprint density at radius 3 is 2.32 bits per heavy atom. The normalized spacial score (nSPS) is 11.8. The van der Waals surface area contributed by atoms with Crippen LogP contribution >= 0.6 is 11.3 Å². The van der Waals surface area contributed by atoms with Crippen molar-refractivity contribution in [1.82, 2.24) is 10.2 Å². The summed E-state index contributed by atoms with van der Waals surface area (Å²) in [4.78, 5) is 28.5. The van der Waals surface area contributed by atoms with Crippen molar-refractivity contribution >= 4 is 28.8 Å². The molecule has 0 fully saturated rings. The van der Waals surface area contributed by atoms with Gasteiger partial charge < -0.3 is 15.5 Å². The number of carbonyl (C=O) groups is 2. The van der Waals surface area contributed by atoms with E-state index in [9.17, 15) is 9.59 Å². The average molecular weight is 394 g/mol. The Labute approximate surface area is 169 Å². The van der Waals surface area contributed by atoms with Crippen LogP contribution in [0.5, 0.6) is 0 Å². The van der Waals surface area contributed by atoms with Crippen LogP contribution in [0.2, 0.25) is 0 Å². The lowest BCUT2D eigenvalue weighted by atomic mass is 10.1. The van der Waals surface area contributed by atoms with Crippen LogP contribution in [0.25, 0.3) is 0 Å². The van der Waals surface area contributed by atoms with Crippen LogP contribution in [-0.2, 0) is 0 Å². The van der Waals surface area contributed by atoms with Crippen LogP contribution in [0.3, 0.4) is 0 Å². The predicted molar refractivity (Wildman–Crippen MR) is 114 cm³/mol. The predicted octanol–water partition coefficient (Wildman–Crippen LogP) is 4.03. The molecule has 2 amide bonds. The van der Waals surface area contributed by atoms with Crippen LogP contribution in [-0.4, -0.2) is 37.4 Å². The van der Waals surface area contributed by atoms with Gasteiger partial charge in [0.25, 0.3) is 11.8 Å². The second kappa shape index (κ2) is 9.30. The summed E-state index contributed by atoms with van der Waals surface area (Å²) in [5.41, 5.74) is 1.48. The monoisotopic (exact) mass is 393 g/mol. The van der Waals surface area contributed by atoms with Crippen molar-refractivity contribution < 1.29 is 9.59 Å². The lowest BCUT2D eigenvalue weighted by molar-refractivity contribution is 0.0943. The topological polar surface area (TPSA) is 61.4 Å². The summed E-state index contributed by atoms with van der Waals surface area (Å²) in [5, 5.41) is 7.86. The molecule has 0 aliphatic heterocycles. The molecule has 28 heavy (non-hydrogen) atoms. The summed E-state index contributed by atoms with van der Waals surface area (Å²) in [5.74, 6) is -0.460. The SMILES string of the molecule is CN(C)C(CNC(=O)c1ccccc1NC(=O)c1ccccc1)c1cccs1. The standard InChI is InChI=1S/C22H23N3O2S/c1-25(2)19(20-13-8-14-28-20)15-23-22(27)17-11-6-7-12-18(17)24-21(26)16-9-4-3-5-10-16/h3-14,19H,15H2,1-2H3,(H,23,27)(H,24,26). The fraction of sp³-hybridized carbons (Fsp3) is 0.182. The first-order valence-corrected chi connectivity index (χ1v) is 9.87. The summed E-state index contributed by atoms with van der Waals surface area (Å²) in [6, 6.07) is 20.1. The van der Waals surface area contributed by atoms with Crippen molar-refractivity contribution in [3.63, 3.8) is 0 Å². The van der Waals surface area contributed by atoms with E-state index < -0.39 is 0 Å². The Balaban J connectivity index is 1.71. The number of nitrogens with zero attached hydrogens (tertiary/aromatic N) is 1. The Kier molecular flexibility index (Phi) is 6.57. The molecule has 0 saturated carbocycles. The Hall–Kier alpha value is -2.96. The van der Waals surface area contributed by atoms with E-state index in [0.717, 1.165) is 0 Å². The molecule has 2 N–H and O–H groups in total. The fourth-order valence-electron chi connectivity index (χ4n) is 2.88. The summed E-state index contributed by atoms with van der Waals surface area (Å²) < 4.78 is 0. The van der Waals surface area contributed by atoms with Gasteiger partial charge in [0.1, 0.15) is 0 Å². The number of anilines is 1. The van der Waals surface area contributed by atoms with Crippen LogP contribution in [0, 0.1) is 0 Å². The molecular formula is C22H23N3O2S. The van der Waals surface area contributed by atoms with E-state index in [4.69, 9.17) is 0 Å². The maximum atomic E-state index is 12.8. The third-order valence-corrected chi connectivity index (χ3v) is 5.38. The summed E-state index contributed by atoms with van der Waals surface area (Å²) in [6.45, 7) is 0.479. The van der Waals surface area contributed by atoms with E-state index in [1.165, 1.54) is 4.88 Å². The zero-order valence-corrected chi connectivity index (χ0v) is 16.7. The smallest absolute Gasteiger partial charge is 0.255 e. The molecule has 2 aromatic carbocycles. The van der Waals surface area contributed by atoms with Gasteiger partial charge in [-0.05, 0) is 49.8 Å². The molecule has 144 valence electrons. The van der Waals surface area contributed by atoms with Gasteiger partial charge in [0.05, 0.1) is 17.3 Å². The first kappa shape index (κ1) is 19.8. The van der Waals surface area contributed by atoms with Crippen molar-refractivity contribution in [2.75, 3.05) is 26.0 Å². The Bertz CT molecular complexity index is 924. The van der Waals surface area contributed by atoms with Crippen molar-refractivity contribution in [2.45, 2.75) is 6.04 Å². The van der Waals surface area contributed by atoms with Gasteiger partial charge in [-0.15, -0.1) is 11.3 Å². The highest BCUT2D eigenvalue weighted by Crippen LogP contribution is 2.23. The number of para-hydroxylation sites is 1. The highest BCUT2D eigenvalue weighted by Gasteiger charge is 2.18. The highest BCUT2D eigenvalue weighted by atomic mass is 32.1. The average Bonchev–Trinajstić information content (AvgIpc) is 3.23. The molecule has 0 bridgehead atoms. The zero-order valence-electron chi connectivity index (χ0n) is 15.9. The van der Waals surface area contributed by atoms with E-state index in [2.05, 4.69) is 21.6 Å². The van der Waals surface area contributed by atoms with Gasteiger partial charge in [0.15, 0.2) is 0 Å². The van der Waals surface area contributed by atoms with E-state index in [1.807, 2.05) is 31.6 Å². The third kappa shape index (κ3) is 4.85. The van der Waals surface area contributed by atoms with Gasteiger partial charge in [0.2, 0.25) is 0 Å². The molecule has 1 unspecified atom stereocenters. The minimum Gasteiger partial charge on any atom is -0.350 e. The molecule has 1 atom stereocenters. The highest BCUT2D eigenvalue weighted by molar-refractivity contribution is 7.10. The van der Waals surface area contributed by atoms with Gasteiger partial charge in [-0.2, -0.15) is 0 Å². The maximum Gasteiger partial charge on any atom is 0.255 e. The molecule has 0 saturated heterocycles. The van der Waals surface area contributed by atoms with Crippen LogP contribution in [0.4, 0.5) is 5.69 Å².